The standard InChI is InChI=1S/C14H19ClN2O3S/c1-9-4-2-3-5-12(9)17-14(18)10-6-7-11(15)13(8-10)21(16,19)20/h6-9,12H,2-5H2,1H3,(H,17,18)(H2,16,19,20)/t9-,12-/m0/s1. The summed E-state index contributed by atoms with van der Waals surface area (Å²) >= 11 is 5.81. The summed E-state index contributed by atoms with van der Waals surface area (Å²) in [5.74, 6) is 0.128. The van der Waals surface area contributed by atoms with Gasteiger partial charge in [0.1, 0.15) is 4.90 Å². The molecule has 21 heavy (non-hydrogen) atoms. The molecule has 1 aliphatic carbocycles. The van der Waals surface area contributed by atoms with Crippen LogP contribution < -0.4 is 10.5 Å². The van der Waals surface area contributed by atoms with Crippen molar-refractivity contribution in [2.24, 2.45) is 11.1 Å². The largest absolute Gasteiger partial charge is 0.349 e. The van der Waals surface area contributed by atoms with Crippen LogP contribution in [-0.2, 0) is 10.0 Å². The number of hydrogen-bond acceptors (Lipinski definition) is 3. The van der Waals surface area contributed by atoms with Crippen LogP contribution in [-0.4, -0.2) is 20.4 Å². The van der Waals surface area contributed by atoms with E-state index in [9.17, 15) is 13.2 Å². The lowest BCUT2D eigenvalue weighted by molar-refractivity contribution is 0.0910. The third kappa shape index (κ3) is 3.96. The highest BCUT2D eigenvalue weighted by molar-refractivity contribution is 7.89. The van der Waals surface area contributed by atoms with Crippen molar-refractivity contribution in [2.45, 2.75) is 43.5 Å². The maximum absolute atomic E-state index is 12.3. The third-order valence-electron chi connectivity index (χ3n) is 3.93. The Bertz CT molecular complexity index is 646. The van der Waals surface area contributed by atoms with Gasteiger partial charge >= 0.3 is 0 Å². The molecule has 0 spiro atoms. The fourth-order valence-corrected chi connectivity index (χ4v) is 3.72. The summed E-state index contributed by atoms with van der Waals surface area (Å²) in [7, 11) is -3.95. The van der Waals surface area contributed by atoms with Gasteiger partial charge in [0, 0.05) is 11.6 Å². The third-order valence-corrected chi connectivity index (χ3v) is 5.32. The number of halogens is 1. The fourth-order valence-electron chi connectivity index (χ4n) is 2.65. The highest BCUT2D eigenvalue weighted by atomic mass is 35.5. The van der Waals surface area contributed by atoms with Crippen molar-refractivity contribution in [1.29, 1.82) is 0 Å². The summed E-state index contributed by atoms with van der Waals surface area (Å²) in [5, 5.41) is 8.07. The second-order valence-corrected chi connectivity index (χ2v) is 7.47. The van der Waals surface area contributed by atoms with Gasteiger partial charge in [0.2, 0.25) is 10.0 Å². The van der Waals surface area contributed by atoms with Crippen molar-refractivity contribution < 1.29 is 13.2 Å². The van der Waals surface area contributed by atoms with E-state index in [1.54, 1.807) is 0 Å². The van der Waals surface area contributed by atoms with Crippen molar-refractivity contribution in [2.75, 3.05) is 0 Å². The number of nitrogens with one attached hydrogen (secondary N) is 1. The Morgan fingerprint density at radius 2 is 2.00 bits per heavy atom. The quantitative estimate of drug-likeness (QED) is 0.891. The predicted molar refractivity (Wildman–Crippen MR) is 81.7 cm³/mol. The number of rotatable bonds is 3. The molecule has 0 saturated heterocycles. The number of benzene rings is 1. The van der Waals surface area contributed by atoms with Crippen LogP contribution in [0.25, 0.3) is 0 Å². The van der Waals surface area contributed by atoms with E-state index in [2.05, 4.69) is 12.2 Å². The van der Waals surface area contributed by atoms with Crippen molar-refractivity contribution in [3.8, 4) is 0 Å². The Morgan fingerprint density at radius 1 is 1.33 bits per heavy atom. The van der Waals surface area contributed by atoms with E-state index >= 15 is 0 Å². The number of amides is 1. The van der Waals surface area contributed by atoms with Crippen LogP contribution in [0, 0.1) is 5.92 Å². The monoisotopic (exact) mass is 330 g/mol. The number of carbonyl (C=O) groups excluding carboxylic acids is 1. The van der Waals surface area contributed by atoms with Crippen molar-refractivity contribution in [1.82, 2.24) is 5.32 Å². The molecule has 0 aromatic heterocycles. The molecule has 2 rings (SSSR count). The molecule has 116 valence electrons. The second kappa shape index (κ2) is 6.34. The summed E-state index contributed by atoms with van der Waals surface area (Å²) in [6, 6.07) is 4.22. The number of carbonyl (C=O) groups is 1. The first-order valence-corrected chi connectivity index (χ1v) is 8.84. The minimum Gasteiger partial charge on any atom is -0.349 e. The minimum absolute atomic E-state index is 0.0140. The van der Waals surface area contributed by atoms with E-state index in [1.165, 1.54) is 24.6 Å². The van der Waals surface area contributed by atoms with Crippen LogP contribution in [0.2, 0.25) is 5.02 Å². The first-order chi connectivity index (χ1) is 9.79. The summed E-state index contributed by atoms with van der Waals surface area (Å²) in [5.41, 5.74) is 0.251. The Kier molecular flexibility index (Phi) is 4.91. The van der Waals surface area contributed by atoms with E-state index < -0.39 is 10.0 Å². The fraction of sp³-hybridized carbons (Fsp3) is 0.500. The van der Waals surface area contributed by atoms with Crippen LogP contribution in [0.4, 0.5) is 0 Å². The van der Waals surface area contributed by atoms with Crippen molar-refractivity contribution >= 4 is 27.5 Å². The molecule has 2 atom stereocenters. The maximum atomic E-state index is 12.3. The van der Waals surface area contributed by atoms with Crippen LogP contribution >= 0.6 is 11.6 Å². The molecule has 1 aromatic rings. The molecule has 0 aliphatic heterocycles. The molecule has 1 saturated carbocycles. The second-order valence-electron chi connectivity index (χ2n) is 5.53. The number of sulfonamides is 1. The number of primary sulfonamides is 1. The SMILES string of the molecule is C[C@H]1CCCC[C@@H]1NC(=O)c1ccc(Cl)c(S(N)(=O)=O)c1. The minimum atomic E-state index is -3.95. The zero-order valence-electron chi connectivity index (χ0n) is 11.8. The molecule has 3 N–H and O–H groups in total. The van der Waals surface area contributed by atoms with E-state index in [4.69, 9.17) is 16.7 Å². The van der Waals surface area contributed by atoms with Gasteiger partial charge < -0.3 is 5.32 Å². The molecule has 1 aromatic carbocycles. The molecule has 0 unspecified atom stereocenters. The number of hydrogen-bond donors (Lipinski definition) is 2. The smallest absolute Gasteiger partial charge is 0.251 e. The van der Waals surface area contributed by atoms with Crippen molar-refractivity contribution in [3.63, 3.8) is 0 Å². The zero-order valence-corrected chi connectivity index (χ0v) is 13.4. The molecular weight excluding hydrogens is 312 g/mol. The lowest BCUT2D eigenvalue weighted by Gasteiger charge is -2.29. The van der Waals surface area contributed by atoms with E-state index in [0.29, 0.717) is 5.92 Å². The Hall–Kier alpha value is -1.11. The van der Waals surface area contributed by atoms with E-state index in [-0.39, 0.29) is 27.4 Å². The zero-order chi connectivity index (χ0) is 15.6. The van der Waals surface area contributed by atoms with Crippen LogP contribution in [0.5, 0.6) is 0 Å². The normalized spacial score (nSPS) is 22.8. The van der Waals surface area contributed by atoms with Gasteiger partial charge in [-0.1, -0.05) is 31.4 Å². The molecule has 5 nitrogen and oxygen atoms in total. The summed E-state index contributed by atoms with van der Waals surface area (Å²) in [6.45, 7) is 2.11. The van der Waals surface area contributed by atoms with Gasteiger partial charge in [-0.05, 0) is 37.0 Å². The highest BCUT2D eigenvalue weighted by Crippen LogP contribution is 2.25. The average molecular weight is 331 g/mol. The number of nitrogens with two attached hydrogens (primary N) is 1. The summed E-state index contributed by atoms with van der Waals surface area (Å²) in [6.07, 6.45) is 4.32. The summed E-state index contributed by atoms with van der Waals surface area (Å²) in [4.78, 5) is 12.0. The molecule has 0 radical (unpaired) electrons. The topological polar surface area (TPSA) is 89.3 Å². The first kappa shape index (κ1) is 16.3. The lowest BCUT2D eigenvalue weighted by Crippen LogP contribution is -2.41. The molecule has 1 aliphatic rings. The molecule has 0 heterocycles. The Morgan fingerprint density at radius 3 is 2.62 bits per heavy atom. The molecule has 7 heteroatoms. The van der Waals surface area contributed by atoms with Gasteiger partial charge in [-0.25, -0.2) is 13.6 Å². The van der Waals surface area contributed by atoms with Gasteiger partial charge in [-0.15, -0.1) is 0 Å². The predicted octanol–water partition coefficient (Wildman–Crippen LogP) is 2.30. The molecular formula is C14H19ClN2O3S. The van der Waals surface area contributed by atoms with Gasteiger partial charge in [0.15, 0.2) is 0 Å². The van der Waals surface area contributed by atoms with E-state index in [1.807, 2.05) is 0 Å². The van der Waals surface area contributed by atoms with Gasteiger partial charge in [-0.3, -0.25) is 4.79 Å². The summed E-state index contributed by atoms with van der Waals surface area (Å²) < 4.78 is 22.9. The first-order valence-electron chi connectivity index (χ1n) is 6.92. The Labute approximate surface area is 129 Å². The molecule has 1 fully saturated rings. The van der Waals surface area contributed by atoms with E-state index in [0.717, 1.165) is 19.3 Å². The molecule has 0 bridgehead atoms. The van der Waals surface area contributed by atoms with Crippen molar-refractivity contribution in [3.05, 3.63) is 28.8 Å². The maximum Gasteiger partial charge on any atom is 0.251 e. The van der Waals surface area contributed by atoms with Gasteiger partial charge in [0.25, 0.3) is 5.91 Å². The molecule has 1 amide bonds. The van der Waals surface area contributed by atoms with Crippen LogP contribution in [0.3, 0.4) is 0 Å². The average Bonchev–Trinajstić information content (AvgIpc) is 2.40. The van der Waals surface area contributed by atoms with Gasteiger partial charge in [0.05, 0.1) is 5.02 Å². The van der Waals surface area contributed by atoms with Crippen LogP contribution in [0.1, 0.15) is 43.0 Å². The van der Waals surface area contributed by atoms with Crippen LogP contribution in [0.15, 0.2) is 23.1 Å². The van der Waals surface area contributed by atoms with Gasteiger partial charge in [-0.2, -0.15) is 0 Å². The Balaban J connectivity index is 2.20. The lowest BCUT2D eigenvalue weighted by atomic mass is 9.86. The highest BCUT2D eigenvalue weighted by Gasteiger charge is 2.24.